The lowest BCUT2D eigenvalue weighted by Crippen LogP contribution is -2.12. The van der Waals surface area contributed by atoms with E-state index >= 15 is 0 Å². The van der Waals surface area contributed by atoms with Gasteiger partial charge in [-0.1, -0.05) is 182 Å². The molecule has 658 valence electrons. The van der Waals surface area contributed by atoms with Crippen molar-refractivity contribution < 1.29 is 17.6 Å². The van der Waals surface area contributed by atoms with Crippen LogP contribution in [-0.4, -0.2) is 19.9 Å². The summed E-state index contributed by atoms with van der Waals surface area (Å²) in [5.41, 5.74) is 25.3. The molecule has 0 N–H and O–H groups in total. The highest BCUT2D eigenvalue weighted by molar-refractivity contribution is 7.29. The molecule has 4 aromatic heterocycles. The van der Waals surface area contributed by atoms with Crippen LogP contribution < -0.4 is 9.80 Å². The van der Waals surface area contributed by atoms with Gasteiger partial charge in [-0.3, -0.25) is 19.9 Å². The number of nitrogens with zero attached hydrogens (tertiary/aromatic N) is 6. The fourth-order valence-corrected chi connectivity index (χ4v) is 28.8. The van der Waals surface area contributed by atoms with Gasteiger partial charge in [0.05, 0.1) is 22.7 Å². The molecule has 140 heavy (non-hydrogen) atoms. The lowest BCUT2D eigenvalue weighted by atomic mass is 9.87. The summed E-state index contributed by atoms with van der Waals surface area (Å²) >= 11 is 10.7. The maximum Gasteiger partial charge on any atom is 0.131 e. The van der Waals surface area contributed by atoms with Crippen LogP contribution in [0, 0.1) is 23.3 Å². The first-order valence-electron chi connectivity index (χ1n) is 46.0. The van der Waals surface area contributed by atoms with E-state index < -0.39 is 23.3 Å². The molecule has 20 aromatic carbocycles. The third-order valence-corrected chi connectivity index (χ3v) is 34.3. The fraction of sp³-hybridized carbons (Fsp3) is 0. The van der Waals surface area contributed by atoms with Crippen molar-refractivity contribution in [3.8, 4) is 100 Å². The molecule has 0 amide bonds. The maximum atomic E-state index is 15.0. The van der Waals surface area contributed by atoms with Crippen LogP contribution in [0.1, 0.15) is 0 Å². The number of hydrogen-bond donors (Lipinski definition) is 0. The number of hydrogen-bond acceptors (Lipinski definition) is 12. The van der Waals surface area contributed by atoms with Crippen LogP contribution in [0.4, 0.5) is 51.7 Å². The van der Waals surface area contributed by atoms with E-state index in [9.17, 15) is 17.6 Å². The van der Waals surface area contributed by atoms with Gasteiger partial charge in [0.15, 0.2) is 0 Å². The number of anilines is 6. The van der Waals surface area contributed by atoms with E-state index in [1.54, 1.807) is 22.7 Å². The number of rotatable bonds is 12. The molecule has 0 fully saturated rings. The molecule has 0 atom stereocenters. The molecular weight excluding hydrogens is 1840 g/mol. The zero-order valence-corrected chi connectivity index (χ0v) is 78.8. The topological polar surface area (TPSA) is 58.0 Å². The molecular formula is C124H68F4N6S6. The Bertz CT molecular complexity index is 9490. The molecule has 0 saturated heterocycles. The molecule has 30 rings (SSSR count). The van der Waals surface area contributed by atoms with Crippen molar-refractivity contribution in [2.45, 2.75) is 0 Å². The molecule has 24 aromatic rings. The van der Waals surface area contributed by atoms with Gasteiger partial charge in [-0.05, 0) is 248 Å². The monoisotopic (exact) mass is 1910 g/mol. The molecule has 6 aliphatic heterocycles. The standard InChI is InChI=1S/C52H32N2S2.C40H22N4S2.C32H14F4S2/c1-3-19-35(20-4-1)53(41-27-11-17-33-15-7-9-23-37(33)41)43-31-47-51-49-39(43)25-13-29-45(49)56-48-32-44(40-26-14-30-46(55-47)50(40)52(48)51)54(36-21-5-2-6-22-36)42-28-12-18-34-16-8-10-24-38(34)42;1-3-29-31(27-15-25(19-43-21-27)23-7-11-41-12-8-23)17-36-39-37(29)33(5-1)45-35-18-32(30-4-2-6-34(46-36)38(30)40(35)39)28-16-26(20-44-22-28)24-9-13-42-14-10-24;33-15-7-9-23(35)21(11-15)19-13-28-31-29-17(19)3-1-5-25(29)37-27-14-20(22-12-16(34)8-10-24(22)36)18-4-2-6-26(38-28)30(18)32(27)31/h1-32H;1-22H;1-14H. The molecule has 6 nitrogen and oxygen atoms in total. The van der Waals surface area contributed by atoms with Crippen LogP contribution in [0.5, 0.6) is 0 Å². The van der Waals surface area contributed by atoms with Gasteiger partial charge in [-0.2, -0.15) is 0 Å². The van der Waals surface area contributed by atoms with Crippen molar-refractivity contribution in [1.29, 1.82) is 0 Å². The zero-order chi connectivity index (χ0) is 92.6. The third kappa shape index (κ3) is 13.1. The van der Waals surface area contributed by atoms with E-state index in [0.29, 0.717) is 11.1 Å². The van der Waals surface area contributed by atoms with E-state index in [1.165, 1.54) is 170 Å². The van der Waals surface area contributed by atoms with Crippen molar-refractivity contribution in [3.63, 3.8) is 0 Å². The Hall–Kier alpha value is -16.3. The summed E-state index contributed by atoms with van der Waals surface area (Å²) in [4.78, 5) is 22.7. The van der Waals surface area contributed by atoms with Crippen molar-refractivity contribution in [2.24, 2.45) is 0 Å². The fourth-order valence-electron chi connectivity index (χ4n) is 21.7. The highest BCUT2D eigenvalue weighted by Gasteiger charge is 2.34. The molecule has 0 saturated carbocycles. The number of para-hydroxylation sites is 2. The van der Waals surface area contributed by atoms with Crippen LogP contribution in [-0.2, 0) is 0 Å². The van der Waals surface area contributed by atoms with E-state index in [4.69, 9.17) is 0 Å². The van der Waals surface area contributed by atoms with Gasteiger partial charge in [0.1, 0.15) is 23.3 Å². The maximum absolute atomic E-state index is 15.0. The Kier molecular flexibility index (Phi) is 19.2. The van der Waals surface area contributed by atoms with Crippen molar-refractivity contribution in [1.82, 2.24) is 19.9 Å². The summed E-state index contributed by atoms with van der Waals surface area (Å²) < 4.78 is 72.6. The summed E-state index contributed by atoms with van der Waals surface area (Å²) in [6.45, 7) is 0. The molecule has 0 unspecified atom stereocenters. The number of halogens is 4. The van der Waals surface area contributed by atoms with Crippen LogP contribution in [0.3, 0.4) is 0 Å². The zero-order valence-electron chi connectivity index (χ0n) is 73.9. The lowest BCUT2D eigenvalue weighted by Gasteiger charge is -2.31. The first-order valence-corrected chi connectivity index (χ1v) is 50.9. The van der Waals surface area contributed by atoms with Crippen LogP contribution >= 0.6 is 68.0 Å². The SMILES string of the molecule is Fc1ccc(F)c(-c2cc3sc4cccc5c(-c6cc(F)ccc6F)cc6sc7cccc2c7c3-c6c45)c1.c1cc2sc3cc(-c4cncc(-c5ccncc5)c4)c4cccc5sc6cc(-c7cncc(-c8ccncc8)c7)c(c1)c2c6-c3c54.c1ccc(N(c2cccc3ccccc23)c2cc3sc4cccc5c(N(c6ccccc6)c6cccc7ccccc67)cc6sc7cccc2c7c3-c6c45)cc1. The normalized spacial score (nSPS) is 12.0. The van der Waals surface area contributed by atoms with Gasteiger partial charge >= 0.3 is 0 Å². The van der Waals surface area contributed by atoms with Crippen molar-refractivity contribution in [3.05, 3.63) is 437 Å². The van der Waals surface area contributed by atoms with Crippen molar-refractivity contribution in [2.75, 3.05) is 9.80 Å². The van der Waals surface area contributed by atoms with Crippen LogP contribution in [0.15, 0.2) is 414 Å². The quantitative estimate of drug-likeness (QED) is 0.0690. The smallest absolute Gasteiger partial charge is 0.131 e. The second kappa shape index (κ2) is 32.7. The van der Waals surface area contributed by atoms with Gasteiger partial charge in [0.25, 0.3) is 0 Å². The van der Waals surface area contributed by atoms with Gasteiger partial charge in [-0.15, -0.1) is 68.0 Å². The predicted octanol–water partition coefficient (Wildman–Crippen LogP) is 38.3. The molecule has 10 heterocycles. The van der Waals surface area contributed by atoms with E-state index in [1.807, 2.05) is 168 Å². The first-order chi connectivity index (χ1) is 69.1. The molecule has 6 aliphatic rings. The highest BCUT2D eigenvalue weighted by Crippen LogP contribution is 2.62. The minimum Gasteiger partial charge on any atom is -0.309 e. The summed E-state index contributed by atoms with van der Waals surface area (Å²) in [6.07, 6.45) is 15.2. The minimum absolute atomic E-state index is 0.224. The van der Waals surface area contributed by atoms with E-state index in [2.05, 4.69) is 285 Å². The molecule has 16 heteroatoms. The van der Waals surface area contributed by atoms with Gasteiger partial charge in [-0.25, -0.2) is 17.6 Å². The van der Waals surface area contributed by atoms with E-state index in [0.717, 1.165) is 120 Å². The number of aromatic nitrogens is 4. The molecule has 0 aliphatic carbocycles. The lowest BCUT2D eigenvalue weighted by molar-refractivity contribution is 0.603. The number of fused-ring (bicyclic) bond motifs is 2. The average Bonchev–Trinajstić information content (AvgIpc) is 0.677. The summed E-state index contributed by atoms with van der Waals surface area (Å²) in [6, 6.07) is 125. The average molecular weight is 1910 g/mol. The van der Waals surface area contributed by atoms with Crippen LogP contribution in [0.2, 0.25) is 0 Å². The summed E-state index contributed by atoms with van der Waals surface area (Å²) in [7, 11) is 0. The largest absolute Gasteiger partial charge is 0.309 e. The molecule has 0 bridgehead atoms. The van der Waals surface area contributed by atoms with Gasteiger partial charge in [0, 0.05) is 238 Å². The summed E-state index contributed by atoms with van der Waals surface area (Å²) in [5, 5.41) is 19.0. The first kappa shape index (κ1) is 82.0. The number of pyridine rings is 4. The number of benzene rings is 20. The third-order valence-electron chi connectivity index (χ3n) is 27.6. The van der Waals surface area contributed by atoms with Gasteiger partial charge in [0.2, 0.25) is 0 Å². The summed E-state index contributed by atoms with van der Waals surface area (Å²) in [5.74, 6) is -1.94. The van der Waals surface area contributed by atoms with Gasteiger partial charge < -0.3 is 9.80 Å². The Morgan fingerprint density at radius 1 is 0.186 bits per heavy atom. The second-order valence-electron chi connectivity index (χ2n) is 35.4. The predicted molar refractivity (Wildman–Crippen MR) is 588 cm³/mol. The Balaban J connectivity index is 0.000000105. The Morgan fingerprint density at radius 3 is 0.836 bits per heavy atom. The highest BCUT2D eigenvalue weighted by atomic mass is 32.1. The van der Waals surface area contributed by atoms with Crippen molar-refractivity contribution >= 4 is 245 Å². The Morgan fingerprint density at radius 2 is 0.471 bits per heavy atom. The molecule has 0 spiro atoms. The Labute approximate surface area is 822 Å². The van der Waals surface area contributed by atoms with E-state index in [-0.39, 0.29) is 11.1 Å². The molecule has 0 radical (unpaired) electrons. The minimum atomic E-state index is -0.493. The second-order valence-corrected chi connectivity index (χ2v) is 41.9. The van der Waals surface area contributed by atoms with Crippen LogP contribution in [0.25, 0.3) is 243 Å².